The standard InChI is InChI=1S/C18H16OS3/c1-11(19)4-6-14-10-18(21-13(14)3)17-9-8-16(22-17)15-7-5-12(2)20-15/h4-10H,1-3H3/b6-4+. The normalized spacial score (nSPS) is 11.4. The first-order chi connectivity index (χ1) is 10.5. The highest BCUT2D eigenvalue weighted by molar-refractivity contribution is 7.26. The molecule has 3 heterocycles. The van der Waals surface area contributed by atoms with Gasteiger partial charge >= 0.3 is 0 Å². The number of aryl methyl sites for hydroxylation is 2. The van der Waals surface area contributed by atoms with Crippen molar-refractivity contribution in [2.75, 3.05) is 0 Å². The third kappa shape index (κ3) is 3.29. The van der Waals surface area contributed by atoms with E-state index >= 15 is 0 Å². The maximum absolute atomic E-state index is 11.1. The molecule has 0 saturated carbocycles. The molecule has 0 aliphatic carbocycles. The molecule has 0 aliphatic heterocycles. The van der Waals surface area contributed by atoms with Crippen LogP contribution in [0.4, 0.5) is 0 Å². The van der Waals surface area contributed by atoms with Gasteiger partial charge in [-0.3, -0.25) is 4.79 Å². The SMILES string of the molecule is CC(=O)/C=C/c1cc(-c2ccc(-c3ccc(C)s3)s2)sc1C. The summed E-state index contributed by atoms with van der Waals surface area (Å²) in [4.78, 5) is 18.9. The first kappa shape index (κ1) is 15.4. The van der Waals surface area contributed by atoms with E-state index in [1.165, 1.54) is 29.3 Å². The zero-order valence-corrected chi connectivity index (χ0v) is 15.1. The van der Waals surface area contributed by atoms with Crippen LogP contribution in [0.25, 0.3) is 25.6 Å². The zero-order valence-electron chi connectivity index (χ0n) is 12.7. The molecule has 112 valence electrons. The van der Waals surface area contributed by atoms with Gasteiger partial charge < -0.3 is 0 Å². The fraction of sp³-hybridized carbons (Fsp3) is 0.167. The minimum Gasteiger partial charge on any atom is -0.295 e. The topological polar surface area (TPSA) is 17.1 Å². The largest absolute Gasteiger partial charge is 0.295 e. The van der Waals surface area contributed by atoms with E-state index in [2.05, 4.69) is 44.2 Å². The van der Waals surface area contributed by atoms with Gasteiger partial charge in [0.05, 0.1) is 0 Å². The fourth-order valence-electron chi connectivity index (χ4n) is 2.16. The summed E-state index contributed by atoms with van der Waals surface area (Å²) in [6.45, 7) is 5.82. The Labute approximate surface area is 142 Å². The Kier molecular flexibility index (Phi) is 4.43. The van der Waals surface area contributed by atoms with Gasteiger partial charge in [-0.1, -0.05) is 6.08 Å². The highest BCUT2D eigenvalue weighted by Crippen LogP contribution is 2.40. The van der Waals surface area contributed by atoms with E-state index in [1.807, 2.05) is 28.7 Å². The average Bonchev–Trinajstić information content (AvgIpc) is 3.15. The summed E-state index contributed by atoms with van der Waals surface area (Å²) >= 11 is 5.45. The minimum absolute atomic E-state index is 0.0821. The molecule has 0 amide bonds. The monoisotopic (exact) mass is 344 g/mol. The van der Waals surface area contributed by atoms with Gasteiger partial charge in [-0.2, -0.15) is 0 Å². The van der Waals surface area contributed by atoms with Crippen molar-refractivity contribution < 1.29 is 4.79 Å². The molecule has 0 saturated heterocycles. The van der Waals surface area contributed by atoms with E-state index in [4.69, 9.17) is 0 Å². The zero-order chi connectivity index (χ0) is 15.7. The van der Waals surface area contributed by atoms with Gasteiger partial charge in [0.15, 0.2) is 5.78 Å². The summed E-state index contributed by atoms with van der Waals surface area (Å²) in [5.41, 5.74) is 1.14. The molecule has 3 aromatic heterocycles. The number of ketones is 1. The molecule has 3 aromatic rings. The number of hydrogen-bond acceptors (Lipinski definition) is 4. The predicted octanol–water partition coefficient (Wildman–Crippen LogP) is 6.42. The maximum Gasteiger partial charge on any atom is 0.152 e. The van der Waals surface area contributed by atoms with E-state index < -0.39 is 0 Å². The van der Waals surface area contributed by atoms with Crippen LogP contribution in [-0.2, 0) is 4.79 Å². The fourth-order valence-corrected chi connectivity index (χ4v) is 5.21. The van der Waals surface area contributed by atoms with E-state index in [9.17, 15) is 4.79 Å². The quantitative estimate of drug-likeness (QED) is 0.499. The van der Waals surface area contributed by atoms with Crippen LogP contribution >= 0.6 is 34.0 Å². The van der Waals surface area contributed by atoms with Crippen molar-refractivity contribution in [3.8, 4) is 19.5 Å². The van der Waals surface area contributed by atoms with Crippen LogP contribution in [0.15, 0.2) is 36.4 Å². The van der Waals surface area contributed by atoms with Crippen molar-refractivity contribution in [2.24, 2.45) is 0 Å². The third-order valence-corrected chi connectivity index (χ3v) is 6.83. The highest BCUT2D eigenvalue weighted by atomic mass is 32.1. The molecule has 0 unspecified atom stereocenters. The lowest BCUT2D eigenvalue weighted by Crippen LogP contribution is -1.79. The van der Waals surface area contributed by atoms with Crippen molar-refractivity contribution in [3.05, 3.63) is 51.7 Å². The van der Waals surface area contributed by atoms with Crippen molar-refractivity contribution in [2.45, 2.75) is 20.8 Å². The van der Waals surface area contributed by atoms with Crippen LogP contribution in [-0.4, -0.2) is 5.78 Å². The Morgan fingerprint density at radius 1 is 0.909 bits per heavy atom. The molecule has 1 nitrogen and oxygen atoms in total. The molecule has 0 spiro atoms. The number of hydrogen-bond donors (Lipinski definition) is 0. The second kappa shape index (κ2) is 6.32. The van der Waals surface area contributed by atoms with Crippen LogP contribution in [0.2, 0.25) is 0 Å². The number of allylic oxidation sites excluding steroid dienone is 1. The summed E-state index contributed by atoms with van der Waals surface area (Å²) in [6.07, 6.45) is 3.54. The lowest BCUT2D eigenvalue weighted by molar-refractivity contribution is -0.112. The lowest BCUT2D eigenvalue weighted by Gasteiger charge is -1.90. The number of thiophene rings is 3. The third-order valence-electron chi connectivity index (χ3n) is 3.29. The summed E-state index contributed by atoms with van der Waals surface area (Å²) < 4.78 is 0. The van der Waals surface area contributed by atoms with Gasteiger partial charge in [0, 0.05) is 29.3 Å². The van der Waals surface area contributed by atoms with E-state index in [-0.39, 0.29) is 5.78 Å². The van der Waals surface area contributed by atoms with Crippen LogP contribution in [0.3, 0.4) is 0 Å². The molecular weight excluding hydrogens is 328 g/mol. The predicted molar refractivity (Wildman–Crippen MR) is 100 cm³/mol. The Hall–Kier alpha value is -1.49. The highest BCUT2D eigenvalue weighted by Gasteiger charge is 2.10. The summed E-state index contributed by atoms with van der Waals surface area (Å²) in [7, 11) is 0. The average molecular weight is 345 g/mol. The van der Waals surface area contributed by atoms with Gasteiger partial charge in [0.1, 0.15) is 0 Å². The van der Waals surface area contributed by atoms with E-state index in [0.29, 0.717) is 0 Å². The molecule has 0 fully saturated rings. The van der Waals surface area contributed by atoms with Crippen LogP contribution in [0, 0.1) is 13.8 Å². The number of carbonyl (C=O) groups is 1. The van der Waals surface area contributed by atoms with Gasteiger partial charge in [0.2, 0.25) is 0 Å². The van der Waals surface area contributed by atoms with Gasteiger partial charge in [-0.05, 0) is 62.7 Å². The molecule has 3 rings (SSSR count). The molecular formula is C18H16OS3. The lowest BCUT2D eigenvalue weighted by atomic mass is 10.2. The first-order valence-corrected chi connectivity index (χ1v) is 9.44. The van der Waals surface area contributed by atoms with Crippen LogP contribution in [0.1, 0.15) is 22.2 Å². The summed E-state index contributed by atoms with van der Waals surface area (Å²) in [5.74, 6) is 0.0821. The van der Waals surface area contributed by atoms with Gasteiger partial charge in [-0.25, -0.2) is 0 Å². The van der Waals surface area contributed by atoms with Gasteiger partial charge in [0.25, 0.3) is 0 Å². The van der Waals surface area contributed by atoms with Gasteiger partial charge in [-0.15, -0.1) is 34.0 Å². The number of carbonyl (C=O) groups excluding carboxylic acids is 1. The molecule has 0 N–H and O–H groups in total. The maximum atomic E-state index is 11.1. The molecule has 0 atom stereocenters. The Morgan fingerprint density at radius 3 is 2.18 bits per heavy atom. The molecule has 22 heavy (non-hydrogen) atoms. The summed E-state index contributed by atoms with van der Waals surface area (Å²) in [5, 5.41) is 0. The van der Waals surface area contributed by atoms with E-state index in [1.54, 1.807) is 24.3 Å². The molecule has 4 heteroatoms. The molecule has 0 bridgehead atoms. The van der Waals surface area contributed by atoms with Crippen LogP contribution < -0.4 is 0 Å². The second-order valence-electron chi connectivity index (χ2n) is 5.14. The van der Waals surface area contributed by atoms with Crippen LogP contribution in [0.5, 0.6) is 0 Å². The molecule has 0 aromatic carbocycles. The first-order valence-electron chi connectivity index (χ1n) is 6.99. The second-order valence-corrected chi connectivity index (χ2v) is 8.77. The Bertz CT molecular complexity index is 845. The molecule has 0 aliphatic rings. The minimum atomic E-state index is 0.0821. The summed E-state index contributed by atoms with van der Waals surface area (Å²) in [6, 6.07) is 10.9. The van der Waals surface area contributed by atoms with Crippen molar-refractivity contribution in [3.63, 3.8) is 0 Å². The Morgan fingerprint density at radius 2 is 1.55 bits per heavy atom. The Balaban J connectivity index is 1.90. The van der Waals surface area contributed by atoms with Crippen molar-refractivity contribution >= 4 is 45.9 Å². The van der Waals surface area contributed by atoms with E-state index in [0.717, 1.165) is 5.56 Å². The molecule has 0 radical (unpaired) electrons. The number of rotatable bonds is 4. The van der Waals surface area contributed by atoms with Crippen molar-refractivity contribution in [1.29, 1.82) is 0 Å². The smallest absolute Gasteiger partial charge is 0.152 e. The van der Waals surface area contributed by atoms with Crippen molar-refractivity contribution in [1.82, 2.24) is 0 Å².